The van der Waals surface area contributed by atoms with Crippen LogP contribution in [0, 0.1) is 0 Å². The third-order valence-electron chi connectivity index (χ3n) is 4.34. The normalized spacial score (nSPS) is 10.6. The van der Waals surface area contributed by atoms with Gasteiger partial charge in [-0.1, -0.05) is 53.2 Å². The predicted octanol–water partition coefficient (Wildman–Crippen LogP) is 5.19. The van der Waals surface area contributed by atoms with Crippen LogP contribution in [0.1, 0.15) is 24.5 Å². The van der Waals surface area contributed by atoms with Crippen molar-refractivity contribution in [1.29, 1.82) is 0 Å². The number of rotatable bonds is 12. The Kier molecular flexibility index (Phi) is 11.4. The van der Waals surface area contributed by atoms with Crippen molar-refractivity contribution in [3.63, 3.8) is 0 Å². The first-order valence-electron chi connectivity index (χ1n) is 9.95. The molecule has 11 heteroatoms. The zero-order chi connectivity index (χ0) is 22.1. The molecule has 0 atom stereocenters. The summed E-state index contributed by atoms with van der Waals surface area (Å²) < 4.78 is 13.4. The lowest BCUT2D eigenvalue weighted by Crippen LogP contribution is -2.15. The molecule has 0 aliphatic heterocycles. The van der Waals surface area contributed by atoms with Gasteiger partial charge in [0.05, 0.1) is 11.6 Å². The topological polar surface area (TPSA) is 74.1 Å². The first-order chi connectivity index (χ1) is 15.1. The molecule has 0 amide bonds. The lowest BCUT2D eigenvalue weighted by molar-refractivity contribution is 0.269. The zero-order valence-electron chi connectivity index (χ0n) is 17.9. The standard InChI is InChI=1S/C21H25Cl2N5O2S.ClH/c1-3-29-19-12-15(13-24-9-6-10-31-21-25-26-27-28(21)2)11-18(23)20(19)30-14-16-7-4-5-8-17(16)22;/h4-5,7-8,11-12,24H,3,6,9-10,13-14H2,1-2H3;1H. The van der Waals surface area contributed by atoms with E-state index in [0.717, 1.165) is 35.0 Å². The maximum atomic E-state index is 6.52. The van der Waals surface area contributed by atoms with Gasteiger partial charge in [-0.3, -0.25) is 0 Å². The number of aromatic nitrogens is 4. The van der Waals surface area contributed by atoms with Crippen molar-refractivity contribution in [2.45, 2.75) is 31.7 Å². The Morgan fingerprint density at radius 1 is 1.12 bits per heavy atom. The first kappa shape index (κ1) is 26.5. The van der Waals surface area contributed by atoms with E-state index in [1.807, 2.05) is 50.4 Å². The molecule has 1 heterocycles. The second kappa shape index (κ2) is 13.7. The number of nitrogens with zero attached hydrogens (tertiary/aromatic N) is 4. The fourth-order valence-corrected chi connectivity index (χ4v) is 4.10. The summed E-state index contributed by atoms with van der Waals surface area (Å²) in [5, 5.41) is 16.8. The number of hydrogen-bond acceptors (Lipinski definition) is 7. The highest BCUT2D eigenvalue weighted by Crippen LogP contribution is 2.37. The molecule has 0 fully saturated rings. The molecule has 0 spiro atoms. The Morgan fingerprint density at radius 2 is 1.94 bits per heavy atom. The van der Waals surface area contributed by atoms with Crippen LogP contribution < -0.4 is 14.8 Å². The smallest absolute Gasteiger partial charge is 0.209 e. The van der Waals surface area contributed by atoms with Gasteiger partial charge in [0.25, 0.3) is 0 Å². The summed E-state index contributed by atoms with van der Waals surface area (Å²) in [7, 11) is 1.84. The first-order valence-corrected chi connectivity index (χ1v) is 11.7. The van der Waals surface area contributed by atoms with Crippen LogP contribution in [-0.4, -0.2) is 39.1 Å². The van der Waals surface area contributed by atoms with Crippen LogP contribution in [0.3, 0.4) is 0 Å². The molecule has 0 bridgehead atoms. The summed E-state index contributed by atoms with van der Waals surface area (Å²) >= 11 is 14.4. The number of aryl methyl sites for hydroxylation is 1. The van der Waals surface area contributed by atoms with Gasteiger partial charge in [0, 0.05) is 29.9 Å². The van der Waals surface area contributed by atoms with Gasteiger partial charge >= 0.3 is 0 Å². The molecule has 0 radical (unpaired) electrons. The van der Waals surface area contributed by atoms with Crippen LogP contribution in [0.4, 0.5) is 0 Å². The second-order valence-corrected chi connectivity index (χ2v) is 8.56. The molecule has 1 aromatic heterocycles. The highest BCUT2D eigenvalue weighted by atomic mass is 35.5. The SMILES string of the molecule is CCOc1cc(CNCCCSc2nnnn2C)cc(Cl)c1OCc1ccccc1Cl.Cl. The van der Waals surface area contributed by atoms with E-state index in [1.54, 1.807) is 16.4 Å². The van der Waals surface area contributed by atoms with Gasteiger partial charge in [-0.05, 0) is 54.1 Å². The number of ether oxygens (including phenoxy) is 2. The predicted molar refractivity (Wildman–Crippen MR) is 131 cm³/mol. The van der Waals surface area contributed by atoms with Gasteiger partial charge in [-0.2, -0.15) is 0 Å². The maximum Gasteiger partial charge on any atom is 0.209 e. The third kappa shape index (κ3) is 7.71. The molecule has 174 valence electrons. The fraction of sp³-hybridized carbons (Fsp3) is 0.381. The fourth-order valence-electron chi connectivity index (χ4n) is 2.83. The van der Waals surface area contributed by atoms with E-state index in [2.05, 4.69) is 20.8 Å². The van der Waals surface area contributed by atoms with Gasteiger partial charge < -0.3 is 14.8 Å². The van der Waals surface area contributed by atoms with Gasteiger partial charge in [-0.15, -0.1) is 17.5 Å². The van der Waals surface area contributed by atoms with Gasteiger partial charge in [0.2, 0.25) is 5.16 Å². The minimum Gasteiger partial charge on any atom is -0.490 e. The van der Waals surface area contributed by atoms with Crippen molar-refractivity contribution in [3.8, 4) is 11.5 Å². The Bertz CT molecular complexity index is 990. The number of tetrazole rings is 1. The lowest BCUT2D eigenvalue weighted by atomic mass is 10.2. The van der Waals surface area contributed by atoms with E-state index < -0.39 is 0 Å². The van der Waals surface area contributed by atoms with E-state index in [-0.39, 0.29) is 12.4 Å². The molecule has 1 N–H and O–H groups in total. The van der Waals surface area contributed by atoms with Gasteiger partial charge in [0.15, 0.2) is 11.5 Å². The number of halogens is 3. The Labute approximate surface area is 208 Å². The quantitative estimate of drug-likeness (QED) is 0.261. The van der Waals surface area contributed by atoms with Crippen molar-refractivity contribution in [2.24, 2.45) is 7.05 Å². The highest BCUT2D eigenvalue weighted by Gasteiger charge is 2.14. The van der Waals surface area contributed by atoms with Gasteiger partial charge in [-0.25, -0.2) is 4.68 Å². The van der Waals surface area contributed by atoms with E-state index in [4.69, 9.17) is 32.7 Å². The molecule has 7 nitrogen and oxygen atoms in total. The minimum atomic E-state index is 0. The minimum absolute atomic E-state index is 0. The van der Waals surface area contributed by atoms with Crippen molar-refractivity contribution >= 4 is 47.4 Å². The van der Waals surface area contributed by atoms with Crippen LogP contribution in [0.25, 0.3) is 0 Å². The number of hydrogen-bond donors (Lipinski definition) is 1. The molecule has 3 aromatic rings. The molecule has 2 aromatic carbocycles. The Hall–Kier alpha value is -1.71. The zero-order valence-corrected chi connectivity index (χ0v) is 21.0. The summed E-state index contributed by atoms with van der Waals surface area (Å²) in [5.41, 5.74) is 1.92. The van der Waals surface area contributed by atoms with Crippen LogP contribution in [0.2, 0.25) is 10.0 Å². The molecular formula is C21H26Cl3N5O2S. The van der Waals surface area contributed by atoms with Crippen LogP contribution in [0.5, 0.6) is 11.5 Å². The molecule has 0 saturated heterocycles. The summed E-state index contributed by atoms with van der Waals surface area (Å²) in [6.45, 7) is 4.31. The van der Waals surface area contributed by atoms with E-state index in [1.165, 1.54) is 0 Å². The number of thioether (sulfide) groups is 1. The average molecular weight is 519 g/mol. The summed E-state index contributed by atoms with van der Waals surface area (Å²) in [6, 6.07) is 11.4. The largest absolute Gasteiger partial charge is 0.490 e. The average Bonchev–Trinajstić information content (AvgIpc) is 3.16. The van der Waals surface area contributed by atoms with Crippen molar-refractivity contribution in [1.82, 2.24) is 25.5 Å². The van der Waals surface area contributed by atoms with Crippen molar-refractivity contribution in [3.05, 3.63) is 57.6 Å². The van der Waals surface area contributed by atoms with Crippen LogP contribution >= 0.6 is 47.4 Å². The van der Waals surface area contributed by atoms with E-state index >= 15 is 0 Å². The number of nitrogens with one attached hydrogen (secondary N) is 1. The second-order valence-electron chi connectivity index (χ2n) is 6.68. The lowest BCUT2D eigenvalue weighted by Gasteiger charge is -2.16. The van der Waals surface area contributed by atoms with Crippen LogP contribution in [-0.2, 0) is 20.2 Å². The van der Waals surface area contributed by atoms with E-state index in [0.29, 0.717) is 41.3 Å². The Morgan fingerprint density at radius 3 is 2.66 bits per heavy atom. The molecule has 32 heavy (non-hydrogen) atoms. The summed E-state index contributed by atoms with van der Waals surface area (Å²) in [5.74, 6) is 2.09. The summed E-state index contributed by atoms with van der Waals surface area (Å²) in [4.78, 5) is 0. The molecule has 0 saturated carbocycles. The monoisotopic (exact) mass is 517 g/mol. The van der Waals surface area contributed by atoms with E-state index in [9.17, 15) is 0 Å². The summed E-state index contributed by atoms with van der Waals surface area (Å²) in [6.07, 6.45) is 0.989. The molecule has 0 aliphatic rings. The Balaban J connectivity index is 0.00000363. The number of benzene rings is 2. The van der Waals surface area contributed by atoms with Crippen molar-refractivity contribution < 1.29 is 9.47 Å². The van der Waals surface area contributed by atoms with Crippen molar-refractivity contribution in [2.75, 3.05) is 18.9 Å². The third-order valence-corrected chi connectivity index (χ3v) is 6.08. The highest BCUT2D eigenvalue weighted by molar-refractivity contribution is 7.99. The molecule has 3 rings (SSSR count). The van der Waals surface area contributed by atoms with Gasteiger partial charge in [0.1, 0.15) is 6.61 Å². The molecule has 0 aliphatic carbocycles. The molecule has 0 unspecified atom stereocenters. The maximum absolute atomic E-state index is 6.52. The van der Waals surface area contributed by atoms with Crippen LogP contribution in [0.15, 0.2) is 41.6 Å². The molecular weight excluding hydrogens is 493 g/mol.